The number of hydrogen-bond acceptors (Lipinski definition) is 4. The zero-order valence-electron chi connectivity index (χ0n) is 12.5. The predicted octanol–water partition coefficient (Wildman–Crippen LogP) is 0.634. The number of fused-ring (bicyclic) bond motifs is 2. The van der Waals surface area contributed by atoms with Crippen LogP contribution in [0.15, 0.2) is 15.3 Å². The third-order valence-corrected chi connectivity index (χ3v) is 5.04. The lowest BCUT2D eigenvalue weighted by molar-refractivity contribution is 0.0813. The number of carbonyl (C=O) groups is 3. The van der Waals surface area contributed by atoms with Crippen molar-refractivity contribution in [2.75, 3.05) is 26.2 Å². The lowest BCUT2D eigenvalue weighted by atomic mass is 10.1. The Bertz CT molecular complexity index is 832. The highest BCUT2D eigenvalue weighted by molar-refractivity contribution is 9.10. The van der Waals surface area contributed by atoms with Gasteiger partial charge in [0.25, 0.3) is 11.5 Å². The molecule has 1 aromatic rings. The molecule has 1 fully saturated rings. The Morgan fingerprint density at radius 2 is 1.68 bits per heavy atom. The van der Waals surface area contributed by atoms with Gasteiger partial charge >= 0.3 is 12.2 Å². The van der Waals surface area contributed by atoms with Gasteiger partial charge in [0.15, 0.2) is 5.66 Å². The van der Waals surface area contributed by atoms with Gasteiger partial charge in [-0.25, -0.2) is 9.59 Å². The second-order valence-electron chi connectivity index (χ2n) is 5.72. The molecule has 0 radical (unpaired) electrons. The summed E-state index contributed by atoms with van der Waals surface area (Å²) in [7, 11) is 0. The molecular weight excluding hydrogens is 424 g/mol. The molecule has 0 atom stereocenters. The number of nitrogens with one attached hydrogen (secondary N) is 1. The minimum atomic E-state index is -1.58. The molecule has 3 N–H and O–H groups in total. The lowest BCUT2D eigenvalue weighted by Crippen LogP contribution is -2.59. The summed E-state index contributed by atoms with van der Waals surface area (Å²) in [5.74, 6) is -0.674. The average Bonchev–Trinajstić information content (AvgIpc) is 2.67. The number of halogens is 2. The summed E-state index contributed by atoms with van der Waals surface area (Å²) in [4.78, 5) is 49.9. The molecule has 2 aliphatic rings. The van der Waals surface area contributed by atoms with E-state index in [1.807, 2.05) is 0 Å². The van der Waals surface area contributed by atoms with Gasteiger partial charge in [0.05, 0.1) is 22.6 Å². The van der Waals surface area contributed by atoms with Crippen molar-refractivity contribution >= 4 is 45.6 Å². The molecule has 3 heterocycles. The van der Waals surface area contributed by atoms with E-state index in [0.717, 1.165) is 14.4 Å². The first-order valence-electron chi connectivity index (χ1n) is 7.06. The fourth-order valence-electron chi connectivity index (χ4n) is 3.13. The zero-order chi connectivity index (χ0) is 18.5. The van der Waals surface area contributed by atoms with E-state index >= 15 is 0 Å². The second kappa shape index (κ2) is 5.92. The summed E-state index contributed by atoms with van der Waals surface area (Å²) in [6.45, 7) is -0.773. The fourth-order valence-corrected chi connectivity index (χ4v) is 3.95. The first kappa shape index (κ1) is 17.5. The number of hydrogen-bond donors (Lipinski definition) is 3. The minimum Gasteiger partial charge on any atom is -0.465 e. The molecule has 134 valence electrons. The van der Waals surface area contributed by atoms with Crippen LogP contribution in [0, 0.1) is 0 Å². The Kier molecular flexibility index (Phi) is 4.15. The maximum absolute atomic E-state index is 12.6. The van der Waals surface area contributed by atoms with Gasteiger partial charge < -0.3 is 25.3 Å². The van der Waals surface area contributed by atoms with Crippen molar-refractivity contribution in [1.82, 2.24) is 19.7 Å². The van der Waals surface area contributed by atoms with Gasteiger partial charge in [0.1, 0.15) is 5.69 Å². The van der Waals surface area contributed by atoms with Crippen molar-refractivity contribution in [3.8, 4) is 0 Å². The molecule has 0 unspecified atom stereocenters. The Balaban J connectivity index is 2.24. The number of pyridine rings is 1. The van der Waals surface area contributed by atoms with Crippen molar-refractivity contribution in [2.45, 2.75) is 5.66 Å². The first-order valence-corrected chi connectivity index (χ1v) is 8.23. The normalized spacial score (nSPS) is 18.7. The molecule has 3 rings (SSSR count). The molecule has 3 amide bonds. The van der Waals surface area contributed by atoms with Crippen LogP contribution in [0.3, 0.4) is 0 Å². The van der Waals surface area contributed by atoms with Crippen molar-refractivity contribution < 1.29 is 24.6 Å². The van der Waals surface area contributed by atoms with Crippen molar-refractivity contribution in [1.29, 1.82) is 0 Å². The number of amides is 3. The quantitative estimate of drug-likeness (QED) is 0.548. The Labute approximate surface area is 153 Å². The van der Waals surface area contributed by atoms with Crippen LogP contribution in [0.5, 0.6) is 0 Å². The van der Waals surface area contributed by atoms with Crippen LogP contribution >= 0.6 is 27.5 Å². The molecule has 25 heavy (non-hydrogen) atoms. The van der Waals surface area contributed by atoms with Crippen LogP contribution in [0.1, 0.15) is 10.5 Å². The largest absolute Gasteiger partial charge is 0.465 e. The molecule has 2 aliphatic heterocycles. The molecule has 0 saturated carbocycles. The summed E-state index contributed by atoms with van der Waals surface area (Å²) < 4.78 is 1.11. The number of aromatic nitrogens is 1. The van der Waals surface area contributed by atoms with Crippen LogP contribution in [-0.4, -0.2) is 68.9 Å². The molecule has 1 spiro atoms. The van der Waals surface area contributed by atoms with Gasteiger partial charge in [-0.05, 0) is 22.0 Å². The van der Waals surface area contributed by atoms with Gasteiger partial charge in [-0.2, -0.15) is 0 Å². The molecular formula is C13H12BrClN4O6. The third kappa shape index (κ3) is 2.72. The summed E-state index contributed by atoms with van der Waals surface area (Å²) >= 11 is 9.13. The van der Waals surface area contributed by atoms with E-state index in [1.165, 1.54) is 6.07 Å². The lowest BCUT2D eigenvalue weighted by Gasteiger charge is -2.34. The molecule has 0 aliphatic carbocycles. The van der Waals surface area contributed by atoms with E-state index in [2.05, 4.69) is 21.2 Å². The molecule has 0 aromatic carbocycles. The summed E-state index contributed by atoms with van der Waals surface area (Å²) in [6, 6.07) is 1.27. The van der Waals surface area contributed by atoms with E-state index in [-0.39, 0.29) is 41.4 Å². The van der Waals surface area contributed by atoms with Crippen molar-refractivity contribution in [3.63, 3.8) is 0 Å². The van der Waals surface area contributed by atoms with Gasteiger partial charge in [-0.1, -0.05) is 11.6 Å². The van der Waals surface area contributed by atoms with Gasteiger partial charge in [-0.3, -0.25) is 14.2 Å². The molecule has 10 nitrogen and oxygen atoms in total. The highest BCUT2D eigenvalue weighted by atomic mass is 79.9. The molecule has 1 saturated heterocycles. The van der Waals surface area contributed by atoms with Gasteiger partial charge in [0.2, 0.25) is 0 Å². The topological polar surface area (TPSA) is 132 Å². The van der Waals surface area contributed by atoms with Crippen LogP contribution in [0.2, 0.25) is 5.02 Å². The SMILES string of the molecule is O=C1NC2(CN(C(=O)O)CCN(C(=O)O)C2)n2c1c(Cl)cc(Br)c2=O. The van der Waals surface area contributed by atoms with Gasteiger partial charge in [-0.15, -0.1) is 0 Å². The maximum atomic E-state index is 12.6. The predicted molar refractivity (Wildman–Crippen MR) is 88.0 cm³/mol. The molecule has 12 heteroatoms. The van der Waals surface area contributed by atoms with Crippen molar-refractivity contribution in [2.24, 2.45) is 0 Å². The number of nitrogens with zero attached hydrogens (tertiary/aromatic N) is 3. The minimum absolute atomic E-state index is 0.00570. The average molecular weight is 436 g/mol. The highest BCUT2D eigenvalue weighted by Gasteiger charge is 2.50. The summed E-state index contributed by atoms with van der Waals surface area (Å²) in [5, 5.41) is 21.3. The van der Waals surface area contributed by atoms with E-state index in [1.54, 1.807) is 0 Å². The van der Waals surface area contributed by atoms with Crippen LogP contribution in [0.25, 0.3) is 0 Å². The van der Waals surface area contributed by atoms with E-state index in [4.69, 9.17) is 11.6 Å². The summed E-state index contributed by atoms with van der Waals surface area (Å²) in [5.41, 5.74) is -2.33. The van der Waals surface area contributed by atoms with Crippen molar-refractivity contribution in [3.05, 3.63) is 31.6 Å². The monoisotopic (exact) mass is 434 g/mol. The van der Waals surface area contributed by atoms with E-state index in [9.17, 15) is 29.4 Å². The van der Waals surface area contributed by atoms with Crippen LogP contribution in [0.4, 0.5) is 9.59 Å². The smallest absolute Gasteiger partial charge is 0.407 e. The van der Waals surface area contributed by atoms with Gasteiger partial charge in [0, 0.05) is 13.1 Å². The Morgan fingerprint density at radius 1 is 1.16 bits per heavy atom. The number of carbonyl (C=O) groups excluding carboxylic acids is 1. The van der Waals surface area contributed by atoms with Crippen LogP contribution < -0.4 is 10.9 Å². The van der Waals surface area contributed by atoms with Crippen LogP contribution in [-0.2, 0) is 5.66 Å². The maximum Gasteiger partial charge on any atom is 0.407 e. The third-order valence-electron chi connectivity index (χ3n) is 4.19. The Morgan fingerprint density at radius 3 is 2.16 bits per heavy atom. The number of rotatable bonds is 0. The Hall–Kier alpha value is -2.27. The zero-order valence-corrected chi connectivity index (χ0v) is 14.9. The van der Waals surface area contributed by atoms with E-state index < -0.39 is 29.3 Å². The summed E-state index contributed by atoms with van der Waals surface area (Å²) in [6.07, 6.45) is -2.58. The molecule has 0 bridgehead atoms. The first-order chi connectivity index (χ1) is 11.7. The van der Waals surface area contributed by atoms with E-state index in [0.29, 0.717) is 0 Å². The standard InChI is InChI=1S/C13H12BrClN4O6/c14-6-3-7(15)8-9(20)16-13(19(8)10(6)21)4-17(11(22)23)1-2-18(5-13)12(24)25/h3H,1-2,4-5H2,(H,16,20)(H,22,23)(H,24,25). The second-order valence-corrected chi connectivity index (χ2v) is 6.98. The number of carboxylic acid groups (broad SMARTS) is 2. The highest BCUT2D eigenvalue weighted by Crippen LogP contribution is 2.31. The fraction of sp³-hybridized carbons (Fsp3) is 0.385. The molecule has 1 aromatic heterocycles.